The van der Waals surface area contributed by atoms with Gasteiger partial charge in [0, 0.05) is 13.1 Å². The molecule has 1 atom stereocenters. The summed E-state index contributed by atoms with van der Waals surface area (Å²) in [5, 5.41) is 17.3. The van der Waals surface area contributed by atoms with E-state index < -0.39 is 7.12 Å². The largest absolute Gasteiger partial charge is 0.844 e. The van der Waals surface area contributed by atoms with Crippen molar-refractivity contribution in [1.82, 2.24) is 0 Å². The summed E-state index contributed by atoms with van der Waals surface area (Å²) < 4.78 is 4.87. The molecule has 6 heteroatoms. The quantitative estimate of drug-likeness (QED) is 0.508. The maximum Gasteiger partial charge on any atom is 0.308 e. The van der Waals surface area contributed by atoms with Crippen LogP contribution in [0.5, 0.6) is 0 Å². The number of nitriles is 1. The van der Waals surface area contributed by atoms with Crippen LogP contribution in [0.25, 0.3) is 0 Å². The van der Waals surface area contributed by atoms with Crippen molar-refractivity contribution in [3.8, 4) is 5.97 Å². The lowest BCUT2D eigenvalue weighted by Crippen LogP contribution is -2.35. The molecule has 0 amide bonds. The average molecular weight is 223 g/mol. The molecule has 0 aromatic heterocycles. The second-order valence-electron chi connectivity index (χ2n) is 3.68. The Morgan fingerprint density at radius 1 is 1.62 bits per heavy atom. The average Bonchev–Trinajstić information content (AvgIpc) is 2.74. The summed E-state index contributed by atoms with van der Waals surface area (Å²) in [7, 11) is 1.86. The zero-order valence-electron chi connectivity index (χ0n) is 10.1. The van der Waals surface area contributed by atoms with E-state index in [2.05, 4.69) is 29.8 Å². The number of hydrogen-bond donors (Lipinski definition) is 0. The standard InChI is InChI=1S/C8H15N2.C2H3BNO2/c1-3-4-6-10(2)7-5-9-8-10;1-6-3(5)2-4/h5,7-8H,3-4,6H2,1-2H3;1H3/q+1;-1. The highest BCUT2D eigenvalue weighted by atomic mass is 16.5. The summed E-state index contributed by atoms with van der Waals surface area (Å²) in [6.45, 7) is 3.39. The molecule has 0 saturated heterocycles. The lowest BCUT2D eigenvalue weighted by Gasteiger charge is -2.20. The SMILES string of the molecule is CCCC[N+]1(C)C=CN=C1.COB([O-])C#N. The van der Waals surface area contributed by atoms with E-state index in [-0.39, 0.29) is 0 Å². The maximum atomic E-state index is 9.68. The van der Waals surface area contributed by atoms with Gasteiger partial charge in [0.25, 0.3) is 0 Å². The van der Waals surface area contributed by atoms with Crippen molar-refractivity contribution in [2.75, 3.05) is 20.7 Å². The van der Waals surface area contributed by atoms with Gasteiger partial charge in [0.1, 0.15) is 6.20 Å². The highest BCUT2D eigenvalue weighted by Crippen LogP contribution is 2.08. The van der Waals surface area contributed by atoms with Gasteiger partial charge >= 0.3 is 7.12 Å². The van der Waals surface area contributed by atoms with E-state index in [1.54, 1.807) is 0 Å². The fourth-order valence-electron chi connectivity index (χ4n) is 1.10. The first-order valence-corrected chi connectivity index (χ1v) is 5.23. The first kappa shape index (κ1) is 14.8. The Hall–Kier alpha value is -1.16. The molecular formula is C10H18BN3O2. The molecule has 0 aromatic carbocycles. The normalized spacial score (nSPS) is 21.2. The van der Waals surface area contributed by atoms with Crippen LogP contribution < -0.4 is 5.02 Å². The van der Waals surface area contributed by atoms with Gasteiger partial charge in [-0.1, -0.05) is 13.3 Å². The Labute approximate surface area is 97.4 Å². The monoisotopic (exact) mass is 223 g/mol. The summed E-state index contributed by atoms with van der Waals surface area (Å²) in [6.07, 6.45) is 8.50. The van der Waals surface area contributed by atoms with Gasteiger partial charge in [-0.25, -0.2) is 10.3 Å². The second-order valence-corrected chi connectivity index (χ2v) is 3.68. The first-order chi connectivity index (χ1) is 7.58. The summed E-state index contributed by atoms with van der Waals surface area (Å²) in [5.74, 6) is 1.34. The second kappa shape index (κ2) is 8.05. The molecule has 0 saturated carbocycles. The van der Waals surface area contributed by atoms with Crippen LogP contribution in [0.4, 0.5) is 0 Å². The minimum atomic E-state index is -1.51. The van der Waals surface area contributed by atoms with Crippen LogP contribution in [-0.2, 0) is 4.65 Å². The lowest BCUT2D eigenvalue weighted by molar-refractivity contribution is -0.756. The van der Waals surface area contributed by atoms with Crippen molar-refractivity contribution in [2.24, 2.45) is 4.99 Å². The molecule has 0 fully saturated rings. The molecule has 0 N–H and O–H groups in total. The Balaban J connectivity index is 0.000000325. The smallest absolute Gasteiger partial charge is 0.308 e. The van der Waals surface area contributed by atoms with E-state index in [1.807, 2.05) is 12.5 Å². The van der Waals surface area contributed by atoms with Gasteiger partial charge < -0.3 is 9.68 Å². The third-order valence-electron chi connectivity index (χ3n) is 2.14. The van der Waals surface area contributed by atoms with Gasteiger partial charge in [0.15, 0.2) is 6.34 Å². The van der Waals surface area contributed by atoms with E-state index in [0.29, 0.717) is 0 Å². The van der Waals surface area contributed by atoms with Crippen LogP contribution in [0.3, 0.4) is 0 Å². The Bertz CT molecular complexity index is 274. The molecule has 1 unspecified atom stereocenters. The summed E-state index contributed by atoms with van der Waals surface area (Å²) in [6, 6.07) is 0. The third kappa shape index (κ3) is 6.35. The fraction of sp³-hybridized carbons (Fsp3) is 0.600. The highest BCUT2D eigenvalue weighted by Gasteiger charge is 2.17. The van der Waals surface area contributed by atoms with E-state index in [9.17, 15) is 5.02 Å². The molecule has 1 aliphatic rings. The minimum Gasteiger partial charge on any atom is -0.844 e. The molecule has 0 radical (unpaired) electrons. The zero-order chi connectivity index (χ0) is 12.4. The van der Waals surface area contributed by atoms with E-state index in [4.69, 9.17) is 5.26 Å². The molecule has 5 nitrogen and oxygen atoms in total. The van der Waals surface area contributed by atoms with Crippen molar-refractivity contribution in [2.45, 2.75) is 19.8 Å². The third-order valence-corrected chi connectivity index (χ3v) is 2.14. The Kier molecular flexibility index (Phi) is 7.47. The fourth-order valence-corrected chi connectivity index (χ4v) is 1.10. The molecule has 0 aliphatic carbocycles. The van der Waals surface area contributed by atoms with Crippen LogP contribution in [0, 0.1) is 11.2 Å². The number of aliphatic imine (C=N–C) groups is 1. The van der Waals surface area contributed by atoms with Crippen LogP contribution >= 0.6 is 0 Å². The van der Waals surface area contributed by atoms with Crippen molar-refractivity contribution < 1.29 is 14.2 Å². The predicted octanol–water partition coefficient (Wildman–Crippen LogP) is 0.290. The zero-order valence-corrected chi connectivity index (χ0v) is 10.1. The number of unbranched alkanes of at least 4 members (excludes halogenated alkanes) is 1. The van der Waals surface area contributed by atoms with Crippen LogP contribution in [0.1, 0.15) is 19.8 Å². The van der Waals surface area contributed by atoms with Gasteiger partial charge in [0.2, 0.25) is 0 Å². The van der Waals surface area contributed by atoms with Crippen molar-refractivity contribution in [3.05, 3.63) is 12.4 Å². The van der Waals surface area contributed by atoms with Gasteiger partial charge in [0.05, 0.1) is 19.8 Å². The van der Waals surface area contributed by atoms with Gasteiger partial charge in [-0.15, -0.1) is 0 Å². The molecule has 1 heterocycles. The molecule has 16 heavy (non-hydrogen) atoms. The highest BCUT2D eigenvalue weighted by molar-refractivity contribution is 6.50. The Morgan fingerprint density at radius 2 is 2.31 bits per heavy atom. The molecular weight excluding hydrogens is 205 g/mol. The number of nitrogens with zero attached hydrogens (tertiary/aromatic N) is 3. The molecule has 0 aromatic rings. The molecule has 1 aliphatic heterocycles. The van der Waals surface area contributed by atoms with Crippen LogP contribution in [0.2, 0.25) is 0 Å². The van der Waals surface area contributed by atoms with Gasteiger partial charge in [-0.05, 0) is 6.42 Å². The summed E-state index contributed by atoms with van der Waals surface area (Å²) >= 11 is 0. The molecule has 0 spiro atoms. The lowest BCUT2D eigenvalue weighted by atomic mass is 9.96. The molecule has 1 rings (SSSR count). The van der Waals surface area contributed by atoms with Gasteiger partial charge in [-0.3, -0.25) is 4.48 Å². The van der Waals surface area contributed by atoms with Crippen molar-refractivity contribution in [3.63, 3.8) is 0 Å². The van der Waals surface area contributed by atoms with Crippen molar-refractivity contribution in [1.29, 1.82) is 5.26 Å². The van der Waals surface area contributed by atoms with Gasteiger partial charge in [-0.2, -0.15) is 0 Å². The number of rotatable bonds is 4. The molecule has 88 valence electrons. The number of hydrogen-bond acceptors (Lipinski definition) is 4. The number of quaternary nitrogens is 1. The molecule has 0 bridgehead atoms. The topological polar surface area (TPSA) is 68.4 Å². The first-order valence-electron chi connectivity index (χ1n) is 5.23. The summed E-state index contributed by atoms with van der Waals surface area (Å²) in [5.41, 5.74) is 0. The maximum absolute atomic E-state index is 9.68. The summed E-state index contributed by atoms with van der Waals surface area (Å²) in [4.78, 5) is 4.06. The van der Waals surface area contributed by atoms with Crippen LogP contribution in [0.15, 0.2) is 17.4 Å². The van der Waals surface area contributed by atoms with E-state index >= 15 is 0 Å². The van der Waals surface area contributed by atoms with E-state index in [1.165, 1.54) is 32.5 Å². The van der Waals surface area contributed by atoms with E-state index in [0.717, 1.165) is 4.48 Å². The van der Waals surface area contributed by atoms with Crippen molar-refractivity contribution >= 4 is 13.5 Å². The minimum absolute atomic E-state index is 0.883. The Morgan fingerprint density at radius 3 is 2.62 bits per heavy atom. The predicted molar refractivity (Wildman–Crippen MR) is 62.0 cm³/mol. The van der Waals surface area contributed by atoms with Crippen LogP contribution in [-0.4, -0.2) is 38.6 Å².